The number of nitrogens with zero attached hydrogens (tertiary/aromatic N) is 1. The molecule has 6 nitrogen and oxygen atoms in total. The van der Waals surface area contributed by atoms with Crippen molar-refractivity contribution in [3.63, 3.8) is 0 Å². The van der Waals surface area contributed by atoms with E-state index < -0.39 is 5.97 Å². The van der Waals surface area contributed by atoms with Gasteiger partial charge in [0, 0.05) is 18.1 Å². The van der Waals surface area contributed by atoms with E-state index in [9.17, 15) is 9.59 Å². The van der Waals surface area contributed by atoms with Gasteiger partial charge in [-0.05, 0) is 24.3 Å². The summed E-state index contributed by atoms with van der Waals surface area (Å²) in [6, 6.07) is 7.25. The highest BCUT2D eigenvalue weighted by Gasteiger charge is 2.16. The molecule has 1 aromatic carbocycles. The number of carbonyl (C=O) groups excluding carboxylic acids is 1. The fraction of sp³-hybridized carbons (Fsp3) is 0.429. The molecule has 0 saturated carbocycles. The molecule has 0 bridgehead atoms. The van der Waals surface area contributed by atoms with E-state index in [2.05, 4.69) is 15.9 Å². The van der Waals surface area contributed by atoms with Crippen LogP contribution >= 0.6 is 15.9 Å². The molecule has 0 aromatic heterocycles. The van der Waals surface area contributed by atoms with Crippen molar-refractivity contribution in [1.82, 2.24) is 4.90 Å². The van der Waals surface area contributed by atoms with Crippen LogP contribution in [0.2, 0.25) is 0 Å². The third kappa shape index (κ3) is 7.10. The fourth-order valence-electron chi connectivity index (χ4n) is 1.60. The molecule has 0 aliphatic carbocycles. The Kier molecular flexibility index (Phi) is 7.78. The van der Waals surface area contributed by atoms with Crippen LogP contribution in [0.1, 0.15) is 6.42 Å². The zero-order valence-corrected chi connectivity index (χ0v) is 13.3. The molecule has 0 radical (unpaired) electrons. The van der Waals surface area contributed by atoms with Crippen LogP contribution in [0, 0.1) is 0 Å². The van der Waals surface area contributed by atoms with E-state index in [1.807, 2.05) is 12.1 Å². The molecule has 0 unspecified atom stereocenters. The zero-order chi connectivity index (χ0) is 15.7. The first-order valence-electron chi connectivity index (χ1n) is 6.40. The van der Waals surface area contributed by atoms with Gasteiger partial charge >= 0.3 is 5.97 Å². The number of ether oxygens (including phenoxy) is 2. The maximum Gasteiger partial charge on any atom is 0.323 e. The topological polar surface area (TPSA) is 76.1 Å². The molecule has 0 aliphatic rings. The fourth-order valence-corrected chi connectivity index (χ4v) is 1.87. The van der Waals surface area contributed by atoms with Crippen molar-refractivity contribution in [1.29, 1.82) is 0 Å². The SMILES string of the molecule is COCCN(CC(=O)O)C(=O)CCOc1ccc(Br)cc1. The number of amides is 1. The van der Waals surface area contributed by atoms with Gasteiger partial charge < -0.3 is 19.5 Å². The summed E-state index contributed by atoms with van der Waals surface area (Å²) in [5.41, 5.74) is 0. The number of carboxylic acid groups (broad SMARTS) is 1. The highest BCUT2D eigenvalue weighted by molar-refractivity contribution is 9.10. The molecule has 1 N–H and O–H groups in total. The van der Waals surface area contributed by atoms with Crippen molar-refractivity contribution >= 4 is 27.8 Å². The van der Waals surface area contributed by atoms with Crippen molar-refractivity contribution in [3.8, 4) is 5.75 Å². The summed E-state index contributed by atoms with van der Waals surface area (Å²) in [5, 5.41) is 8.79. The van der Waals surface area contributed by atoms with Crippen LogP contribution < -0.4 is 4.74 Å². The summed E-state index contributed by atoms with van der Waals surface area (Å²) < 4.78 is 11.3. The van der Waals surface area contributed by atoms with E-state index in [1.54, 1.807) is 12.1 Å². The third-order valence-corrected chi connectivity index (χ3v) is 3.17. The summed E-state index contributed by atoms with van der Waals surface area (Å²) in [6.45, 7) is 0.413. The van der Waals surface area contributed by atoms with Gasteiger partial charge in [0.1, 0.15) is 12.3 Å². The molecule has 21 heavy (non-hydrogen) atoms. The lowest BCUT2D eigenvalue weighted by Gasteiger charge is -2.20. The third-order valence-electron chi connectivity index (χ3n) is 2.64. The number of benzene rings is 1. The van der Waals surface area contributed by atoms with Crippen molar-refractivity contribution in [2.24, 2.45) is 0 Å². The molecular formula is C14H18BrNO5. The monoisotopic (exact) mass is 359 g/mol. The Hall–Kier alpha value is -1.60. The van der Waals surface area contributed by atoms with Gasteiger partial charge in [0.25, 0.3) is 0 Å². The normalized spacial score (nSPS) is 10.2. The minimum absolute atomic E-state index is 0.118. The summed E-state index contributed by atoms with van der Waals surface area (Å²) in [5.74, 6) is -0.660. The highest BCUT2D eigenvalue weighted by atomic mass is 79.9. The molecule has 0 fully saturated rings. The average Bonchev–Trinajstić information content (AvgIpc) is 2.45. The lowest BCUT2D eigenvalue weighted by molar-refractivity contribution is -0.145. The standard InChI is InChI=1S/C14H18BrNO5/c1-20-9-7-16(10-14(18)19)13(17)6-8-21-12-4-2-11(15)3-5-12/h2-5H,6-10H2,1H3,(H,18,19). The molecular weight excluding hydrogens is 342 g/mol. The number of halogens is 1. The van der Waals surface area contributed by atoms with Crippen LogP contribution in [-0.2, 0) is 14.3 Å². The smallest absolute Gasteiger partial charge is 0.323 e. The number of hydrogen-bond acceptors (Lipinski definition) is 4. The number of carbonyl (C=O) groups is 2. The number of carboxylic acids is 1. The van der Waals surface area contributed by atoms with Gasteiger partial charge in [0.05, 0.1) is 19.6 Å². The van der Waals surface area contributed by atoms with E-state index in [1.165, 1.54) is 12.0 Å². The largest absolute Gasteiger partial charge is 0.493 e. The van der Waals surface area contributed by atoms with Crippen molar-refractivity contribution in [2.75, 3.05) is 33.4 Å². The minimum Gasteiger partial charge on any atom is -0.493 e. The Morgan fingerprint density at radius 2 is 1.90 bits per heavy atom. The van der Waals surface area contributed by atoms with Crippen molar-refractivity contribution in [2.45, 2.75) is 6.42 Å². The Labute approximate surface area is 131 Å². The quantitative estimate of drug-likeness (QED) is 0.727. The van der Waals surface area contributed by atoms with Crippen LogP contribution in [0.5, 0.6) is 5.75 Å². The maximum atomic E-state index is 11.9. The van der Waals surface area contributed by atoms with Gasteiger partial charge in [-0.25, -0.2) is 0 Å². The van der Waals surface area contributed by atoms with Gasteiger partial charge in [-0.2, -0.15) is 0 Å². The molecule has 116 valence electrons. The Balaban J connectivity index is 2.41. The second-order valence-electron chi connectivity index (χ2n) is 4.25. The van der Waals surface area contributed by atoms with Crippen LogP contribution in [0.4, 0.5) is 0 Å². The minimum atomic E-state index is -1.05. The summed E-state index contributed by atoms with van der Waals surface area (Å²) in [6.07, 6.45) is 0.118. The first-order valence-corrected chi connectivity index (χ1v) is 7.19. The molecule has 0 heterocycles. The van der Waals surface area contributed by atoms with E-state index in [0.717, 1.165) is 4.47 Å². The molecule has 0 aliphatic heterocycles. The summed E-state index contributed by atoms with van der Waals surface area (Å²) >= 11 is 3.32. The summed E-state index contributed by atoms with van der Waals surface area (Å²) in [7, 11) is 1.50. The van der Waals surface area contributed by atoms with Gasteiger partial charge in [-0.15, -0.1) is 0 Å². The number of hydrogen-bond donors (Lipinski definition) is 1. The van der Waals surface area contributed by atoms with Gasteiger partial charge in [0.2, 0.25) is 5.91 Å². The van der Waals surface area contributed by atoms with E-state index >= 15 is 0 Å². The zero-order valence-electron chi connectivity index (χ0n) is 11.8. The van der Waals surface area contributed by atoms with Crippen LogP contribution in [0.3, 0.4) is 0 Å². The van der Waals surface area contributed by atoms with Gasteiger partial charge in [0.15, 0.2) is 0 Å². The Morgan fingerprint density at radius 3 is 2.48 bits per heavy atom. The van der Waals surface area contributed by atoms with Gasteiger partial charge in [-0.3, -0.25) is 9.59 Å². The predicted octanol–water partition coefficient (Wildman–Crippen LogP) is 1.78. The van der Waals surface area contributed by atoms with Crippen molar-refractivity contribution < 1.29 is 24.2 Å². The number of aliphatic carboxylic acids is 1. The van der Waals surface area contributed by atoms with Crippen LogP contribution in [-0.4, -0.2) is 55.3 Å². The molecule has 0 spiro atoms. The molecule has 7 heteroatoms. The first-order chi connectivity index (χ1) is 10.0. The molecule has 0 saturated heterocycles. The summed E-state index contributed by atoms with van der Waals surface area (Å²) in [4.78, 5) is 23.9. The molecule has 0 atom stereocenters. The van der Waals surface area contributed by atoms with E-state index in [0.29, 0.717) is 12.4 Å². The number of methoxy groups -OCH3 is 1. The molecule has 1 aromatic rings. The molecule has 1 rings (SSSR count). The first kappa shape index (κ1) is 17.5. The van der Waals surface area contributed by atoms with E-state index in [4.69, 9.17) is 14.6 Å². The Morgan fingerprint density at radius 1 is 1.24 bits per heavy atom. The average molecular weight is 360 g/mol. The lowest BCUT2D eigenvalue weighted by atomic mass is 10.3. The van der Waals surface area contributed by atoms with Crippen LogP contribution in [0.25, 0.3) is 0 Å². The Bertz CT molecular complexity index is 463. The van der Waals surface area contributed by atoms with Crippen molar-refractivity contribution in [3.05, 3.63) is 28.7 Å². The second kappa shape index (κ2) is 9.36. The second-order valence-corrected chi connectivity index (χ2v) is 5.17. The predicted molar refractivity (Wildman–Crippen MR) is 80.3 cm³/mol. The highest BCUT2D eigenvalue weighted by Crippen LogP contribution is 2.16. The molecule has 1 amide bonds. The van der Waals surface area contributed by atoms with Gasteiger partial charge in [-0.1, -0.05) is 15.9 Å². The van der Waals surface area contributed by atoms with E-state index in [-0.39, 0.29) is 32.0 Å². The maximum absolute atomic E-state index is 11.9. The lowest BCUT2D eigenvalue weighted by Crippen LogP contribution is -2.38. The van der Waals surface area contributed by atoms with Crippen LogP contribution in [0.15, 0.2) is 28.7 Å². The number of rotatable bonds is 9.